The van der Waals surface area contributed by atoms with Gasteiger partial charge < -0.3 is 10.6 Å². The van der Waals surface area contributed by atoms with Crippen molar-refractivity contribution < 1.29 is 4.79 Å². The Morgan fingerprint density at radius 2 is 2.05 bits per heavy atom. The molecule has 0 atom stereocenters. The molecule has 104 valence electrons. The van der Waals surface area contributed by atoms with E-state index >= 15 is 0 Å². The zero-order valence-corrected chi connectivity index (χ0v) is 12.3. The van der Waals surface area contributed by atoms with E-state index in [0.29, 0.717) is 6.04 Å². The van der Waals surface area contributed by atoms with Crippen LogP contribution in [0.5, 0.6) is 0 Å². The molecule has 1 aromatic carbocycles. The predicted molar refractivity (Wildman–Crippen MR) is 79.6 cm³/mol. The second kappa shape index (κ2) is 5.33. The molecule has 1 aliphatic heterocycles. The standard InChI is InChI=1S/C16H24N2O/c1-11(2)17-9-5-6-12-7-8-14-13(10-12)16(3,4)15(19)18-14/h7-8,10-11,17H,5-6,9H2,1-4H3,(H,18,19). The first-order valence-corrected chi connectivity index (χ1v) is 7.09. The normalized spacial score (nSPS) is 16.6. The van der Waals surface area contributed by atoms with Crippen LogP contribution in [-0.2, 0) is 16.6 Å². The van der Waals surface area contributed by atoms with Crippen molar-refractivity contribution in [2.45, 2.75) is 52.0 Å². The average molecular weight is 260 g/mol. The molecule has 0 spiro atoms. The van der Waals surface area contributed by atoms with Gasteiger partial charge in [-0.25, -0.2) is 0 Å². The summed E-state index contributed by atoms with van der Waals surface area (Å²) in [6.45, 7) is 9.33. The fourth-order valence-electron chi connectivity index (χ4n) is 2.46. The lowest BCUT2D eigenvalue weighted by atomic mass is 9.85. The molecule has 3 heteroatoms. The van der Waals surface area contributed by atoms with Crippen molar-refractivity contribution in [2.24, 2.45) is 0 Å². The van der Waals surface area contributed by atoms with Gasteiger partial charge in [-0.3, -0.25) is 4.79 Å². The molecule has 3 nitrogen and oxygen atoms in total. The van der Waals surface area contributed by atoms with E-state index in [1.807, 2.05) is 19.9 Å². The van der Waals surface area contributed by atoms with Crippen molar-refractivity contribution in [3.05, 3.63) is 29.3 Å². The molecule has 1 aliphatic rings. The maximum atomic E-state index is 11.9. The van der Waals surface area contributed by atoms with Gasteiger partial charge in [0.15, 0.2) is 0 Å². The quantitative estimate of drug-likeness (QED) is 0.799. The number of anilines is 1. The summed E-state index contributed by atoms with van der Waals surface area (Å²) >= 11 is 0. The first-order valence-electron chi connectivity index (χ1n) is 7.09. The minimum Gasteiger partial charge on any atom is -0.325 e. The van der Waals surface area contributed by atoms with Crippen LogP contribution in [0, 0.1) is 0 Å². The van der Waals surface area contributed by atoms with Gasteiger partial charge in [0, 0.05) is 11.7 Å². The molecular formula is C16H24N2O. The summed E-state index contributed by atoms with van der Waals surface area (Å²) in [4.78, 5) is 11.9. The molecule has 0 aromatic heterocycles. The Morgan fingerprint density at radius 3 is 2.74 bits per heavy atom. The number of carbonyl (C=O) groups is 1. The van der Waals surface area contributed by atoms with Gasteiger partial charge in [0.1, 0.15) is 0 Å². The summed E-state index contributed by atoms with van der Waals surface area (Å²) in [7, 11) is 0. The SMILES string of the molecule is CC(C)NCCCc1ccc2c(c1)C(C)(C)C(=O)N2. The Labute approximate surface area is 115 Å². The summed E-state index contributed by atoms with van der Waals surface area (Å²) in [5.41, 5.74) is 3.02. The van der Waals surface area contributed by atoms with Gasteiger partial charge in [0.05, 0.1) is 5.41 Å². The van der Waals surface area contributed by atoms with Crippen molar-refractivity contribution in [1.29, 1.82) is 0 Å². The summed E-state index contributed by atoms with van der Waals surface area (Å²) in [6.07, 6.45) is 2.18. The Hall–Kier alpha value is -1.35. The zero-order valence-electron chi connectivity index (χ0n) is 12.3. The maximum Gasteiger partial charge on any atom is 0.234 e. The second-order valence-electron chi connectivity index (χ2n) is 6.17. The fraction of sp³-hybridized carbons (Fsp3) is 0.562. The summed E-state index contributed by atoms with van der Waals surface area (Å²) in [5.74, 6) is 0.0983. The zero-order chi connectivity index (χ0) is 14.0. The van der Waals surface area contributed by atoms with Gasteiger partial charge >= 0.3 is 0 Å². The number of hydrogen-bond acceptors (Lipinski definition) is 2. The first kappa shape index (κ1) is 14.1. The minimum absolute atomic E-state index is 0.0983. The highest BCUT2D eigenvalue weighted by Gasteiger charge is 2.38. The van der Waals surface area contributed by atoms with Gasteiger partial charge in [-0.15, -0.1) is 0 Å². The number of fused-ring (bicyclic) bond motifs is 1. The van der Waals surface area contributed by atoms with Crippen LogP contribution in [0.3, 0.4) is 0 Å². The van der Waals surface area contributed by atoms with Crippen LogP contribution in [0.25, 0.3) is 0 Å². The van der Waals surface area contributed by atoms with E-state index in [4.69, 9.17) is 0 Å². The molecular weight excluding hydrogens is 236 g/mol. The third-order valence-electron chi connectivity index (χ3n) is 3.77. The van der Waals surface area contributed by atoms with Crippen LogP contribution >= 0.6 is 0 Å². The molecule has 2 rings (SSSR count). The number of hydrogen-bond donors (Lipinski definition) is 2. The fourth-order valence-corrected chi connectivity index (χ4v) is 2.46. The molecule has 2 N–H and O–H groups in total. The second-order valence-corrected chi connectivity index (χ2v) is 6.17. The lowest BCUT2D eigenvalue weighted by molar-refractivity contribution is -0.119. The molecule has 0 unspecified atom stereocenters. The third kappa shape index (κ3) is 2.98. The molecule has 0 bridgehead atoms. The van der Waals surface area contributed by atoms with E-state index in [-0.39, 0.29) is 5.91 Å². The van der Waals surface area contributed by atoms with Crippen molar-refractivity contribution in [1.82, 2.24) is 5.32 Å². The number of aryl methyl sites for hydroxylation is 1. The van der Waals surface area contributed by atoms with Gasteiger partial charge in [-0.05, 0) is 50.4 Å². The number of benzene rings is 1. The van der Waals surface area contributed by atoms with E-state index in [1.165, 1.54) is 5.56 Å². The van der Waals surface area contributed by atoms with E-state index in [0.717, 1.165) is 30.6 Å². The smallest absolute Gasteiger partial charge is 0.234 e. The number of amides is 1. The Balaban J connectivity index is 2.02. The molecule has 0 saturated heterocycles. The first-order chi connectivity index (χ1) is 8.91. The summed E-state index contributed by atoms with van der Waals surface area (Å²) in [5, 5.41) is 6.37. The number of rotatable bonds is 5. The highest BCUT2D eigenvalue weighted by molar-refractivity contribution is 6.05. The van der Waals surface area contributed by atoms with E-state index in [9.17, 15) is 4.79 Å². The summed E-state index contributed by atoms with van der Waals surface area (Å²) < 4.78 is 0. The highest BCUT2D eigenvalue weighted by atomic mass is 16.2. The van der Waals surface area contributed by atoms with Crippen LogP contribution in [0.15, 0.2) is 18.2 Å². The van der Waals surface area contributed by atoms with Gasteiger partial charge in [0.25, 0.3) is 0 Å². The van der Waals surface area contributed by atoms with Gasteiger partial charge in [0.2, 0.25) is 5.91 Å². The lowest BCUT2D eigenvalue weighted by Crippen LogP contribution is -2.27. The maximum absolute atomic E-state index is 11.9. The molecule has 0 fully saturated rings. The topological polar surface area (TPSA) is 41.1 Å². The van der Waals surface area contributed by atoms with Crippen molar-refractivity contribution in [3.63, 3.8) is 0 Å². The molecule has 0 aliphatic carbocycles. The molecule has 0 saturated carbocycles. The Bertz CT molecular complexity index is 478. The summed E-state index contributed by atoms with van der Waals surface area (Å²) in [6, 6.07) is 6.88. The highest BCUT2D eigenvalue weighted by Crippen LogP contribution is 2.37. The van der Waals surface area contributed by atoms with Crippen LogP contribution in [0.1, 0.15) is 45.2 Å². The minimum atomic E-state index is -0.401. The van der Waals surface area contributed by atoms with Crippen molar-refractivity contribution in [3.8, 4) is 0 Å². The third-order valence-corrected chi connectivity index (χ3v) is 3.77. The van der Waals surface area contributed by atoms with E-state index < -0.39 is 5.41 Å². The van der Waals surface area contributed by atoms with Crippen LogP contribution in [0.2, 0.25) is 0 Å². The number of nitrogens with one attached hydrogen (secondary N) is 2. The van der Waals surface area contributed by atoms with E-state index in [2.05, 4.69) is 36.6 Å². The average Bonchev–Trinajstić information content (AvgIpc) is 2.56. The van der Waals surface area contributed by atoms with Crippen LogP contribution in [0.4, 0.5) is 5.69 Å². The molecule has 1 aromatic rings. The van der Waals surface area contributed by atoms with Crippen molar-refractivity contribution >= 4 is 11.6 Å². The largest absolute Gasteiger partial charge is 0.325 e. The molecule has 19 heavy (non-hydrogen) atoms. The number of carbonyl (C=O) groups excluding carboxylic acids is 1. The van der Waals surface area contributed by atoms with Gasteiger partial charge in [-0.2, -0.15) is 0 Å². The van der Waals surface area contributed by atoms with E-state index in [1.54, 1.807) is 0 Å². The monoisotopic (exact) mass is 260 g/mol. The Kier molecular flexibility index (Phi) is 3.95. The van der Waals surface area contributed by atoms with Crippen LogP contribution in [-0.4, -0.2) is 18.5 Å². The molecule has 0 radical (unpaired) electrons. The Morgan fingerprint density at radius 1 is 1.32 bits per heavy atom. The lowest BCUT2D eigenvalue weighted by Gasteiger charge is -2.16. The predicted octanol–water partition coefficient (Wildman–Crippen LogP) is 2.85. The molecule has 1 amide bonds. The molecule has 1 heterocycles. The van der Waals surface area contributed by atoms with Crippen molar-refractivity contribution in [2.75, 3.05) is 11.9 Å². The van der Waals surface area contributed by atoms with Gasteiger partial charge in [-0.1, -0.05) is 26.0 Å². The van der Waals surface area contributed by atoms with Crippen LogP contribution < -0.4 is 10.6 Å².